The summed E-state index contributed by atoms with van der Waals surface area (Å²) in [7, 11) is 0. The summed E-state index contributed by atoms with van der Waals surface area (Å²) in [5.74, 6) is -1.32. The monoisotopic (exact) mass is 350 g/mol. The molecule has 1 aromatic carbocycles. The highest BCUT2D eigenvalue weighted by Gasteiger charge is 2.35. The summed E-state index contributed by atoms with van der Waals surface area (Å²) < 4.78 is 1.71. The summed E-state index contributed by atoms with van der Waals surface area (Å²) in [6, 6.07) is 12.3. The lowest BCUT2D eigenvalue weighted by molar-refractivity contribution is -0.141. The van der Waals surface area contributed by atoms with Crippen LogP contribution in [0, 0.1) is 6.92 Å². The average Bonchev–Trinajstić information content (AvgIpc) is 3.27. The van der Waals surface area contributed by atoms with E-state index in [0.717, 1.165) is 16.8 Å². The Morgan fingerprint density at radius 3 is 2.65 bits per heavy atom. The quantitative estimate of drug-likeness (QED) is 0.784. The molecule has 132 valence electrons. The Morgan fingerprint density at radius 1 is 1.15 bits per heavy atom. The van der Waals surface area contributed by atoms with Gasteiger partial charge in [0.05, 0.1) is 11.4 Å². The molecule has 1 atom stereocenters. The van der Waals surface area contributed by atoms with Gasteiger partial charge in [-0.05, 0) is 44.0 Å². The maximum Gasteiger partial charge on any atom is 0.326 e. The Morgan fingerprint density at radius 2 is 1.92 bits per heavy atom. The van der Waals surface area contributed by atoms with E-state index in [1.54, 1.807) is 10.7 Å². The van der Waals surface area contributed by atoms with E-state index in [4.69, 9.17) is 0 Å². The molecule has 26 heavy (non-hydrogen) atoms. The number of aliphatic carboxylic acids is 1. The number of carboxylic acid groups (broad SMARTS) is 1. The third-order valence-electron chi connectivity index (χ3n) is 4.73. The van der Waals surface area contributed by atoms with Crippen molar-refractivity contribution in [2.75, 3.05) is 6.54 Å². The fourth-order valence-electron chi connectivity index (χ4n) is 3.43. The summed E-state index contributed by atoms with van der Waals surface area (Å²) in [6.45, 7) is 2.33. The Kier molecular flexibility index (Phi) is 3.91. The highest BCUT2D eigenvalue weighted by atomic mass is 16.4. The normalized spacial score (nSPS) is 17.0. The van der Waals surface area contributed by atoms with Gasteiger partial charge in [-0.1, -0.05) is 18.2 Å². The molecule has 0 spiro atoms. The van der Waals surface area contributed by atoms with Gasteiger partial charge in [-0.15, -0.1) is 0 Å². The molecule has 0 bridgehead atoms. The standard InChI is InChI=1S/C19H18N4O3/c1-12-14-9-10-15(18(24)22-11-5-8-16(22)19(25)26)20-17(14)23(21-12)13-6-3-2-4-7-13/h2-4,6-7,9-10,16H,5,8,11H2,1H3,(H,25,26)/t16-/m1/s1. The number of pyridine rings is 1. The maximum atomic E-state index is 12.8. The van der Waals surface area contributed by atoms with Crippen molar-refractivity contribution in [3.05, 3.63) is 53.9 Å². The highest BCUT2D eigenvalue weighted by molar-refractivity contribution is 5.97. The molecule has 2 aromatic heterocycles. The zero-order valence-corrected chi connectivity index (χ0v) is 14.3. The van der Waals surface area contributed by atoms with Crippen molar-refractivity contribution in [1.82, 2.24) is 19.7 Å². The van der Waals surface area contributed by atoms with Gasteiger partial charge < -0.3 is 10.0 Å². The number of carbonyl (C=O) groups excluding carboxylic acids is 1. The van der Waals surface area contributed by atoms with Crippen LogP contribution in [0.2, 0.25) is 0 Å². The summed E-state index contributed by atoms with van der Waals surface area (Å²) in [5, 5.41) is 14.7. The first-order valence-corrected chi connectivity index (χ1v) is 8.52. The predicted octanol–water partition coefficient (Wildman–Crippen LogP) is 2.42. The van der Waals surface area contributed by atoms with Crippen LogP contribution >= 0.6 is 0 Å². The van der Waals surface area contributed by atoms with Crippen LogP contribution in [-0.4, -0.2) is 49.2 Å². The molecule has 1 aliphatic rings. The number of carboxylic acids is 1. The molecule has 3 heterocycles. The lowest BCUT2D eigenvalue weighted by atomic mass is 10.2. The molecule has 4 rings (SSSR count). The van der Waals surface area contributed by atoms with E-state index >= 15 is 0 Å². The van der Waals surface area contributed by atoms with Gasteiger partial charge in [-0.25, -0.2) is 14.5 Å². The number of carbonyl (C=O) groups is 2. The van der Waals surface area contributed by atoms with E-state index in [1.807, 2.05) is 43.3 Å². The van der Waals surface area contributed by atoms with E-state index in [1.165, 1.54) is 4.90 Å². The van der Waals surface area contributed by atoms with Crippen LogP contribution in [0.4, 0.5) is 0 Å². The van der Waals surface area contributed by atoms with Crippen LogP contribution < -0.4 is 0 Å². The highest BCUT2D eigenvalue weighted by Crippen LogP contribution is 2.23. The second-order valence-corrected chi connectivity index (χ2v) is 6.40. The van der Waals surface area contributed by atoms with Crippen LogP contribution in [0.25, 0.3) is 16.7 Å². The van der Waals surface area contributed by atoms with Gasteiger partial charge >= 0.3 is 5.97 Å². The van der Waals surface area contributed by atoms with Crippen molar-refractivity contribution in [1.29, 1.82) is 0 Å². The number of hydrogen-bond acceptors (Lipinski definition) is 4. The fourth-order valence-corrected chi connectivity index (χ4v) is 3.43. The van der Waals surface area contributed by atoms with Crippen molar-refractivity contribution in [3.63, 3.8) is 0 Å². The Hall–Kier alpha value is -3.22. The van der Waals surface area contributed by atoms with Crippen LogP contribution in [0.15, 0.2) is 42.5 Å². The van der Waals surface area contributed by atoms with Crippen molar-refractivity contribution in [3.8, 4) is 5.69 Å². The summed E-state index contributed by atoms with van der Waals surface area (Å²) in [4.78, 5) is 30.1. The van der Waals surface area contributed by atoms with Gasteiger partial charge in [-0.2, -0.15) is 5.10 Å². The van der Waals surface area contributed by atoms with Gasteiger partial charge in [-0.3, -0.25) is 4.79 Å². The third kappa shape index (κ3) is 2.61. The molecule has 1 aliphatic heterocycles. The number of hydrogen-bond donors (Lipinski definition) is 1. The lowest BCUT2D eigenvalue weighted by Crippen LogP contribution is -2.40. The number of rotatable bonds is 3. The Bertz CT molecular complexity index is 997. The van der Waals surface area contributed by atoms with Gasteiger partial charge in [0, 0.05) is 11.9 Å². The summed E-state index contributed by atoms with van der Waals surface area (Å²) >= 11 is 0. The number of likely N-dealkylation sites (tertiary alicyclic amines) is 1. The smallest absolute Gasteiger partial charge is 0.326 e. The molecular weight excluding hydrogens is 332 g/mol. The number of benzene rings is 1. The Balaban J connectivity index is 1.78. The first kappa shape index (κ1) is 16.3. The van der Waals surface area contributed by atoms with Crippen molar-refractivity contribution >= 4 is 22.9 Å². The van der Waals surface area contributed by atoms with E-state index in [0.29, 0.717) is 25.0 Å². The zero-order chi connectivity index (χ0) is 18.3. The van der Waals surface area contributed by atoms with Gasteiger partial charge in [0.25, 0.3) is 5.91 Å². The van der Waals surface area contributed by atoms with E-state index in [9.17, 15) is 14.7 Å². The van der Waals surface area contributed by atoms with Gasteiger partial charge in [0.1, 0.15) is 11.7 Å². The zero-order valence-electron chi connectivity index (χ0n) is 14.3. The first-order chi connectivity index (χ1) is 12.6. The van der Waals surface area contributed by atoms with Crippen LogP contribution in [0.3, 0.4) is 0 Å². The van der Waals surface area contributed by atoms with Crippen LogP contribution in [0.1, 0.15) is 29.0 Å². The summed E-state index contributed by atoms with van der Waals surface area (Å²) in [6.07, 6.45) is 1.16. The number of aromatic nitrogens is 3. The van der Waals surface area contributed by atoms with Crippen molar-refractivity contribution < 1.29 is 14.7 Å². The topological polar surface area (TPSA) is 88.3 Å². The molecule has 1 saturated heterocycles. The number of amides is 1. The largest absolute Gasteiger partial charge is 0.480 e. The molecule has 7 nitrogen and oxygen atoms in total. The minimum absolute atomic E-state index is 0.239. The van der Waals surface area contributed by atoms with Crippen molar-refractivity contribution in [2.45, 2.75) is 25.8 Å². The second-order valence-electron chi connectivity index (χ2n) is 6.40. The van der Waals surface area contributed by atoms with Crippen LogP contribution in [0.5, 0.6) is 0 Å². The molecule has 0 radical (unpaired) electrons. The minimum atomic E-state index is -0.970. The number of para-hydroxylation sites is 1. The molecular formula is C19H18N4O3. The first-order valence-electron chi connectivity index (χ1n) is 8.52. The fraction of sp³-hybridized carbons (Fsp3) is 0.263. The predicted molar refractivity (Wildman–Crippen MR) is 95.3 cm³/mol. The molecule has 7 heteroatoms. The van der Waals surface area contributed by atoms with Gasteiger partial charge in [0.15, 0.2) is 5.65 Å². The molecule has 1 fully saturated rings. The lowest BCUT2D eigenvalue weighted by Gasteiger charge is -2.20. The SMILES string of the molecule is Cc1nn(-c2ccccc2)c2nc(C(=O)N3CCC[C@@H]3C(=O)O)ccc12. The van der Waals surface area contributed by atoms with E-state index in [-0.39, 0.29) is 11.6 Å². The molecule has 0 aliphatic carbocycles. The van der Waals surface area contributed by atoms with Crippen LogP contribution in [-0.2, 0) is 4.79 Å². The van der Waals surface area contributed by atoms with E-state index in [2.05, 4.69) is 10.1 Å². The third-order valence-corrected chi connectivity index (χ3v) is 4.73. The number of nitrogens with zero attached hydrogens (tertiary/aromatic N) is 4. The molecule has 1 N–H and O–H groups in total. The number of aryl methyl sites for hydroxylation is 1. The number of fused-ring (bicyclic) bond motifs is 1. The second kappa shape index (κ2) is 6.25. The molecule has 1 amide bonds. The maximum absolute atomic E-state index is 12.8. The van der Waals surface area contributed by atoms with Gasteiger partial charge in [0.2, 0.25) is 0 Å². The summed E-state index contributed by atoms with van der Waals surface area (Å²) in [5.41, 5.74) is 2.50. The minimum Gasteiger partial charge on any atom is -0.480 e. The van der Waals surface area contributed by atoms with E-state index < -0.39 is 12.0 Å². The Labute approximate surface area is 149 Å². The van der Waals surface area contributed by atoms with Crippen molar-refractivity contribution in [2.24, 2.45) is 0 Å². The average molecular weight is 350 g/mol. The molecule has 0 saturated carbocycles. The molecule has 0 unspecified atom stereocenters. The molecule has 3 aromatic rings.